The first kappa shape index (κ1) is 7.29. The van der Waals surface area contributed by atoms with Gasteiger partial charge in [0.1, 0.15) is 0 Å². The van der Waals surface area contributed by atoms with E-state index in [4.69, 9.17) is 0 Å². The molecule has 1 aromatic heterocycles. The molecule has 10 heavy (non-hydrogen) atoms. The van der Waals surface area contributed by atoms with Gasteiger partial charge in [0.15, 0.2) is 0 Å². The zero-order chi connectivity index (χ0) is 7.23. The fourth-order valence-corrected chi connectivity index (χ4v) is 1.28. The fraction of sp³-hybridized carbons (Fsp3) is 0.111. The maximum absolute atomic E-state index is 2.12. The molecule has 0 amide bonds. The van der Waals surface area contributed by atoms with E-state index in [9.17, 15) is 0 Å². The van der Waals surface area contributed by atoms with Gasteiger partial charge in [0.05, 0.1) is 0 Å². The second-order valence-corrected chi connectivity index (χ2v) is 2.72. The monoisotopic (exact) mass is 150 g/mol. The summed E-state index contributed by atoms with van der Waals surface area (Å²) in [5.41, 5.74) is 1.28. The molecule has 0 nitrogen and oxygen atoms in total. The summed E-state index contributed by atoms with van der Waals surface area (Å²) >= 11 is 1.72. The molecule has 0 bridgehead atoms. The van der Waals surface area contributed by atoms with Crippen LogP contribution in [0.25, 0.3) is 6.08 Å². The van der Waals surface area contributed by atoms with Gasteiger partial charge in [-0.3, -0.25) is 0 Å². The van der Waals surface area contributed by atoms with Crippen LogP contribution in [0.5, 0.6) is 0 Å². The van der Waals surface area contributed by atoms with Crippen LogP contribution in [-0.4, -0.2) is 0 Å². The molecule has 0 N–H and O–H groups in total. The highest BCUT2D eigenvalue weighted by molar-refractivity contribution is 7.08. The highest BCUT2D eigenvalue weighted by Crippen LogP contribution is 2.07. The van der Waals surface area contributed by atoms with Crippen LogP contribution in [0.15, 0.2) is 35.1 Å². The average molecular weight is 150 g/mol. The Kier molecular flexibility index (Phi) is 2.97. The highest BCUT2D eigenvalue weighted by atomic mass is 32.1. The van der Waals surface area contributed by atoms with Crippen molar-refractivity contribution in [3.05, 3.63) is 40.6 Å². The van der Waals surface area contributed by atoms with E-state index in [0.717, 1.165) is 0 Å². The van der Waals surface area contributed by atoms with E-state index in [-0.39, 0.29) is 0 Å². The average Bonchev–Trinajstić information content (AvgIpc) is 2.41. The van der Waals surface area contributed by atoms with Gasteiger partial charge in [0, 0.05) is 0 Å². The lowest BCUT2D eigenvalue weighted by molar-refractivity contribution is 1.74. The van der Waals surface area contributed by atoms with Crippen LogP contribution in [0.3, 0.4) is 0 Å². The standard InChI is InChI=1S/C9H10S/c1-2-3-4-5-9-6-7-10-8-9/h2-8H,1H3/b3-2-,5-4-. The predicted molar refractivity (Wildman–Crippen MR) is 48.2 cm³/mol. The minimum absolute atomic E-state index is 1.28. The minimum atomic E-state index is 1.28. The van der Waals surface area contributed by atoms with Gasteiger partial charge in [-0.25, -0.2) is 0 Å². The molecule has 0 aliphatic rings. The summed E-state index contributed by atoms with van der Waals surface area (Å²) in [6.45, 7) is 2.01. The molecule has 1 heterocycles. The molecule has 0 atom stereocenters. The molecule has 0 aliphatic carbocycles. The van der Waals surface area contributed by atoms with Crippen LogP contribution >= 0.6 is 11.3 Å². The minimum Gasteiger partial charge on any atom is -0.152 e. The van der Waals surface area contributed by atoms with Crippen LogP contribution in [0.2, 0.25) is 0 Å². The Hall–Kier alpha value is -0.820. The lowest BCUT2D eigenvalue weighted by Crippen LogP contribution is -1.56. The van der Waals surface area contributed by atoms with Crippen molar-refractivity contribution in [1.82, 2.24) is 0 Å². The molecule has 0 radical (unpaired) electrons. The Labute approximate surface area is 65.5 Å². The number of allylic oxidation sites excluding steroid dienone is 3. The summed E-state index contributed by atoms with van der Waals surface area (Å²) in [4.78, 5) is 0. The summed E-state index contributed by atoms with van der Waals surface area (Å²) < 4.78 is 0. The normalized spacial score (nSPS) is 11.7. The Balaban J connectivity index is 2.55. The maximum Gasteiger partial charge on any atom is -0.00208 e. The summed E-state index contributed by atoms with van der Waals surface area (Å²) in [5, 5.41) is 4.20. The fourth-order valence-electron chi connectivity index (χ4n) is 0.648. The van der Waals surface area contributed by atoms with Crippen LogP contribution in [-0.2, 0) is 0 Å². The SMILES string of the molecule is C/C=C\C=C/c1ccsc1. The molecule has 0 saturated carbocycles. The smallest absolute Gasteiger partial charge is 0.00208 e. The third-order valence-electron chi connectivity index (χ3n) is 1.14. The molecule has 0 unspecified atom stereocenters. The highest BCUT2D eigenvalue weighted by Gasteiger charge is 1.80. The first-order chi connectivity index (χ1) is 4.93. The molecule has 1 heteroatoms. The lowest BCUT2D eigenvalue weighted by atomic mass is 10.3. The van der Waals surface area contributed by atoms with Crippen molar-refractivity contribution in [3.8, 4) is 0 Å². The van der Waals surface area contributed by atoms with Crippen molar-refractivity contribution in [2.24, 2.45) is 0 Å². The van der Waals surface area contributed by atoms with E-state index in [0.29, 0.717) is 0 Å². The zero-order valence-electron chi connectivity index (χ0n) is 5.95. The van der Waals surface area contributed by atoms with E-state index in [1.165, 1.54) is 5.56 Å². The third kappa shape index (κ3) is 2.19. The molecule has 0 saturated heterocycles. The van der Waals surface area contributed by atoms with Gasteiger partial charge in [0.2, 0.25) is 0 Å². The number of rotatable bonds is 2. The number of hydrogen-bond acceptors (Lipinski definition) is 1. The summed E-state index contributed by atoms with van der Waals surface area (Å²) in [6.07, 6.45) is 8.18. The zero-order valence-corrected chi connectivity index (χ0v) is 6.77. The molecule has 0 fully saturated rings. The van der Waals surface area contributed by atoms with E-state index in [1.54, 1.807) is 11.3 Å². The molecule has 52 valence electrons. The van der Waals surface area contributed by atoms with Gasteiger partial charge in [-0.05, 0) is 29.3 Å². The Morgan fingerprint density at radius 1 is 1.40 bits per heavy atom. The number of hydrogen-bond donors (Lipinski definition) is 0. The molecule has 0 aromatic carbocycles. The van der Waals surface area contributed by atoms with Gasteiger partial charge >= 0.3 is 0 Å². The van der Waals surface area contributed by atoms with E-state index >= 15 is 0 Å². The third-order valence-corrected chi connectivity index (χ3v) is 1.84. The van der Waals surface area contributed by atoms with Crippen molar-refractivity contribution < 1.29 is 0 Å². The van der Waals surface area contributed by atoms with E-state index in [1.807, 2.05) is 25.2 Å². The van der Waals surface area contributed by atoms with Gasteiger partial charge < -0.3 is 0 Å². The van der Waals surface area contributed by atoms with E-state index in [2.05, 4.69) is 22.9 Å². The van der Waals surface area contributed by atoms with Crippen LogP contribution < -0.4 is 0 Å². The first-order valence-electron chi connectivity index (χ1n) is 3.25. The predicted octanol–water partition coefficient (Wildman–Crippen LogP) is 3.34. The van der Waals surface area contributed by atoms with E-state index < -0.39 is 0 Å². The van der Waals surface area contributed by atoms with Gasteiger partial charge in [0.25, 0.3) is 0 Å². The van der Waals surface area contributed by atoms with Gasteiger partial charge in [-0.15, -0.1) is 0 Å². The van der Waals surface area contributed by atoms with Gasteiger partial charge in [-0.2, -0.15) is 11.3 Å². The molecule has 1 rings (SSSR count). The second kappa shape index (κ2) is 4.07. The quantitative estimate of drug-likeness (QED) is 0.567. The van der Waals surface area contributed by atoms with Crippen molar-refractivity contribution in [3.63, 3.8) is 0 Å². The molecule has 0 aliphatic heterocycles. The van der Waals surface area contributed by atoms with Crippen molar-refractivity contribution >= 4 is 17.4 Å². The lowest BCUT2D eigenvalue weighted by Gasteiger charge is -1.77. The summed E-state index contributed by atoms with van der Waals surface area (Å²) in [5.74, 6) is 0. The number of thiophene rings is 1. The molecule has 0 spiro atoms. The summed E-state index contributed by atoms with van der Waals surface area (Å²) in [7, 11) is 0. The Morgan fingerprint density at radius 2 is 2.30 bits per heavy atom. The topological polar surface area (TPSA) is 0 Å². The van der Waals surface area contributed by atoms with Crippen molar-refractivity contribution in [1.29, 1.82) is 0 Å². The maximum atomic E-state index is 2.12. The second-order valence-electron chi connectivity index (χ2n) is 1.94. The largest absolute Gasteiger partial charge is 0.152 e. The Bertz CT molecular complexity index is 217. The van der Waals surface area contributed by atoms with Crippen molar-refractivity contribution in [2.45, 2.75) is 6.92 Å². The van der Waals surface area contributed by atoms with Crippen LogP contribution in [0, 0.1) is 0 Å². The van der Waals surface area contributed by atoms with Crippen LogP contribution in [0.1, 0.15) is 12.5 Å². The summed E-state index contributed by atoms with van der Waals surface area (Å²) in [6, 6.07) is 2.10. The molecular formula is C9H10S. The van der Waals surface area contributed by atoms with Crippen molar-refractivity contribution in [2.75, 3.05) is 0 Å². The van der Waals surface area contributed by atoms with Gasteiger partial charge in [-0.1, -0.05) is 24.3 Å². The molecule has 1 aromatic rings. The van der Waals surface area contributed by atoms with Crippen LogP contribution in [0.4, 0.5) is 0 Å². The molecular weight excluding hydrogens is 140 g/mol. The Morgan fingerprint density at radius 3 is 2.90 bits per heavy atom. The first-order valence-corrected chi connectivity index (χ1v) is 4.19.